The van der Waals surface area contributed by atoms with Crippen LogP contribution in [0.15, 0.2) is 102 Å². The van der Waals surface area contributed by atoms with Crippen LogP contribution in [0.4, 0.5) is 11.4 Å². The van der Waals surface area contributed by atoms with Crippen LogP contribution in [0.3, 0.4) is 0 Å². The fourth-order valence-corrected chi connectivity index (χ4v) is 6.48. The maximum absolute atomic E-state index is 6.20. The molecule has 0 fully saturated rings. The normalized spacial score (nSPS) is 19.2. The summed E-state index contributed by atoms with van der Waals surface area (Å²) in [6.07, 6.45) is 7.71. The molecule has 4 aromatic carbocycles. The van der Waals surface area contributed by atoms with E-state index in [1.54, 1.807) is 0 Å². The first kappa shape index (κ1) is 26.6. The zero-order valence-electron chi connectivity index (χ0n) is 22.8. The average molecular weight is 641 g/mol. The van der Waals surface area contributed by atoms with Gasteiger partial charge in [0.1, 0.15) is 6.61 Å². The largest absolute Gasteiger partial charge is 0.490 e. The van der Waals surface area contributed by atoms with E-state index >= 15 is 0 Å². The standard InChI is InChI=1S/C35H33IN2O2/c1-3-39-33-20-25(19-31(36)35(33)40-22-24-13-11-23(2)12-14-24)21-37-27-17-15-26(16-18-27)34-30-9-6-8-28(30)29-7-4-5-10-32(29)38-34/h4-8,10-21,28,30,34,38H,3,9,22H2,1-2H3/t28-,30+,34-/m0/s1. The first-order valence-corrected chi connectivity index (χ1v) is 15.0. The molecule has 5 heteroatoms. The Morgan fingerprint density at radius 1 is 0.975 bits per heavy atom. The molecule has 0 aromatic heterocycles. The van der Waals surface area contributed by atoms with Gasteiger partial charge in [0, 0.05) is 17.8 Å². The van der Waals surface area contributed by atoms with E-state index in [0.717, 1.165) is 38.3 Å². The Balaban J connectivity index is 1.17. The number of fused-ring (bicyclic) bond motifs is 3. The molecule has 4 aromatic rings. The van der Waals surface area contributed by atoms with Gasteiger partial charge in [-0.15, -0.1) is 0 Å². The number of rotatable bonds is 8. The summed E-state index contributed by atoms with van der Waals surface area (Å²) in [6.45, 7) is 5.14. The maximum Gasteiger partial charge on any atom is 0.175 e. The molecule has 0 radical (unpaired) electrons. The number of halogens is 1. The van der Waals surface area contributed by atoms with Gasteiger partial charge in [-0.2, -0.15) is 0 Å². The van der Waals surface area contributed by atoms with E-state index in [1.165, 1.54) is 22.4 Å². The molecule has 1 aliphatic carbocycles. The molecule has 1 heterocycles. The van der Waals surface area contributed by atoms with Crippen molar-refractivity contribution in [2.24, 2.45) is 10.9 Å². The summed E-state index contributed by atoms with van der Waals surface area (Å²) in [5, 5.41) is 3.81. The van der Waals surface area contributed by atoms with Crippen LogP contribution in [0.2, 0.25) is 0 Å². The molecule has 0 amide bonds. The second-order valence-corrected chi connectivity index (χ2v) is 11.6. The fourth-order valence-electron chi connectivity index (χ4n) is 5.70. The van der Waals surface area contributed by atoms with E-state index in [9.17, 15) is 0 Å². The van der Waals surface area contributed by atoms with E-state index in [4.69, 9.17) is 14.5 Å². The predicted molar refractivity (Wildman–Crippen MR) is 172 cm³/mol. The van der Waals surface area contributed by atoms with Crippen LogP contribution in [0.5, 0.6) is 11.5 Å². The minimum Gasteiger partial charge on any atom is -0.490 e. The number of para-hydroxylation sites is 1. The molecule has 2 aliphatic rings. The van der Waals surface area contributed by atoms with Crippen molar-refractivity contribution in [3.8, 4) is 11.5 Å². The lowest BCUT2D eigenvalue weighted by Gasteiger charge is -2.37. The van der Waals surface area contributed by atoms with Crippen LogP contribution in [0, 0.1) is 16.4 Å². The summed E-state index contributed by atoms with van der Waals surface area (Å²) in [7, 11) is 0. The molecule has 0 spiro atoms. The van der Waals surface area contributed by atoms with Gasteiger partial charge in [0.2, 0.25) is 0 Å². The molecule has 1 N–H and O–H groups in total. The number of anilines is 1. The quantitative estimate of drug-likeness (QED) is 0.119. The highest BCUT2D eigenvalue weighted by atomic mass is 127. The van der Waals surface area contributed by atoms with Crippen LogP contribution >= 0.6 is 22.6 Å². The van der Waals surface area contributed by atoms with Gasteiger partial charge in [0.25, 0.3) is 0 Å². The Labute approximate surface area is 250 Å². The Kier molecular flexibility index (Phi) is 7.91. The van der Waals surface area contributed by atoms with Gasteiger partial charge in [0.15, 0.2) is 11.5 Å². The average Bonchev–Trinajstić information content (AvgIpc) is 3.47. The van der Waals surface area contributed by atoms with E-state index in [1.807, 2.05) is 19.2 Å². The molecule has 1 aliphatic heterocycles. The Morgan fingerprint density at radius 2 is 1.77 bits per heavy atom. The van der Waals surface area contributed by atoms with Gasteiger partial charge >= 0.3 is 0 Å². The molecular formula is C35H33IN2O2. The first-order chi connectivity index (χ1) is 19.6. The van der Waals surface area contributed by atoms with Crippen molar-refractivity contribution in [2.75, 3.05) is 11.9 Å². The smallest absolute Gasteiger partial charge is 0.175 e. The highest BCUT2D eigenvalue weighted by molar-refractivity contribution is 14.1. The van der Waals surface area contributed by atoms with Crippen molar-refractivity contribution < 1.29 is 9.47 Å². The van der Waals surface area contributed by atoms with Crippen LogP contribution in [-0.4, -0.2) is 12.8 Å². The topological polar surface area (TPSA) is 42.8 Å². The Hall–Kier alpha value is -3.58. The van der Waals surface area contributed by atoms with Gasteiger partial charge in [-0.1, -0.05) is 72.3 Å². The van der Waals surface area contributed by atoms with E-state index in [0.29, 0.717) is 25.0 Å². The van der Waals surface area contributed by atoms with Gasteiger partial charge in [-0.05, 0) is 101 Å². The highest BCUT2D eigenvalue weighted by Gasteiger charge is 2.37. The number of benzene rings is 4. The summed E-state index contributed by atoms with van der Waals surface area (Å²) in [6, 6.07) is 30.1. The summed E-state index contributed by atoms with van der Waals surface area (Å²) >= 11 is 2.32. The second-order valence-electron chi connectivity index (χ2n) is 10.4. The van der Waals surface area contributed by atoms with Crippen molar-refractivity contribution in [1.82, 2.24) is 0 Å². The number of hydrogen-bond acceptors (Lipinski definition) is 4. The molecule has 4 nitrogen and oxygen atoms in total. The Bertz CT molecular complexity index is 1540. The third kappa shape index (κ3) is 5.66. The second kappa shape index (κ2) is 11.9. The molecule has 0 saturated carbocycles. The van der Waals surface area contributed by atoms with Gasteiger partial charge in [0.05, 0.1) is 21.9 Å². The van der Waals surface area contributed by atoms with Crippen molar-refractivity contribution in [2.45, 2.75) is 38.8 Å². The SMILES string of the molecule is CCOc1cc(C=Nc2ccc([C@@H]3Nc4ccccc4[C@@H]4C=CC[C@H]43)cc2)cc(I)c1OCc1ccc(C)cc1. The van der Waals surface area contributed by atoms with Crippen LogP contribution in [0.25, 0.3) is 0 Å². The van der Waals surface area contributed by atoms with Crippen LogP contribution in [0.1, 0.15) is 53.1 Å². The summed E-state index contributed by atoms with van der Waals surface area (Å²) in [4.78, 5) is 4.78. The van der Waals surface area contributed by atoms with Gasteiger partial charge in [-0.25, -0.2) is 0 Å². The van der Waals surface area contributed by atoms with Gasteiger partial charge < -0.3 is 14.8 Å². The number of nitrogens with zero attached hydrogens (tertiary/aromatic N) is 1. The van der Waals surface area contributed by atoms with Crippen molar-refractivity contribution >= 4 is 40.2 Å². The van der Waals surface area contributed by atoms with Crippen molar-refractivity contribution in [3.05, 3.63) is 128 Å². The predicted octanol–water partition coefficient (Wildman–Crippen LogP) is 9.15. The third-order valence-electron chi connectivity index (χ3n) is 7.72. The molecule has 202 valence electrons. The fraction of sp³-hybridized carbons (Fsp3) is 0.229. The zero-order chi connectivity index (χ0) is 27.5. The number of hydrogen-bond donors (Lipinski definition) is 1. The van der Waals surface area contributed by atoms with Crippen molar-refractivity contribution in [3.63, 3.8) is 0 Å². The van der Waals surface area contributed by atoms with Crippen LogP contribution < -0.4 is 14.8 Å². The summed E-state index contributed by atoms with van der Waals surface area (Å²) in [5.41, 5.74) is 8.22. The number of aryl methyl sites for hydroxylation is 1. The lowest BCUT2D eigenvalue weighted by Crippen LogP contribution is -2.28. The molecule has 3 atom stereocenters. The van der Waals surface area contributed by atoms with E-state index < -0.39 is 0 Å². The first-order valence-electron chi connectivity index (χ1n) is 13.9. The van der Waals surface area contributed by atoms with Gasteiger partial charge in [-0.3, -0.25) is 4.99 Å². The Morgan fingerprint density at radius 3 is 2.58 bits per heavy atom. The zero-order valence-corrected chi connectivity index (χ0v) is 25.0. The number of aliphatic imine (C=N–C) groups is 1. The molecule has 0 unspecified atom stereocenters. The van der Waals surface area contributed by atoms with E-state index in [2.05, 4.69) is 126 Å². The lowest BCUT2D eigenvalue weighted by atomic mass is 9.77. The minimum absolute atomic E-state index is 0.288. The molecular weight excluding hydrogens is 607 g/mol. The van der Waals surface area contributed by atoms with Crippen molar-refractivity contribution in [1.29, 1.82) is 0 Å². The maximum atomic E-state index is 6.20. The highest BCUT2D eigenvalue weighted by Crippen LogP contribution is 2.49. The molecule has 6 rings (SSSR count). The number of allylic oxidation sites excluding steroid dienone is 2. The third-order valence-corrected chi connectivity index (χ3v) is 8.52. The lowest BCUT2D eigenvalue weighted by molar-refractivity contribution is 0.267. The monoisotopic (exact) mass is 640 g/mol. The minimum atomic E-state index is 0.288. The summed E-state index contributed by atoms with van der Waals surface area (Å²) in [5.74, 6) is 2.52. The number of nitrogens with one attached hydrogen (secondary N) is 1. The molecule has 0 saturated heterocycles. The molecule has 40 heavy (non-hydrogen) atoms. The molecule has 0 bridgehead atoms. The van der Waals surface area contributed by atoms with Crippen LogP contribution in [-0.2, 0) is 6.61 Å². The summed E-state index contributed by atoms with van der Waals surface area (Å²) < 4.78 is 13.2. The number of ether oxygens (including phenoxy) is 2. The van der Waals surface area contributed by atoms with E-state index in [-0.39, 0.29) is 6.04 Å².